The van der Waals surface area contributed by atoms with E-state index in [1.165, 1.54) is 0 Å². The fourth-order valence-corrected chi connectivity index (χ4v) is 4.24. The molecular formula is C25H21ClN4O2. The average Bonchev–Trinajstić information content (AvgIpc) is 3.27. The van der Waals surface area contributed by atoms with Crippen molar-refractivity contribution in [3.63, 3.8) is 0 Å². The fraction of sp³-hybridized carbons (Fsp3) is 0.160. The second-order valence-electron chi connectivity index (χ2n) is 7.93. The molecule has 160 valence electrons. The van der Waals surface area contributed by atoms with Gasteiger partial charge in [0.2, 0.25) is 11.9 Å². The molecule has 1 aromatic heterocycles. The van der Waals surface area contributed by atoms with Gasteiger partial charge in [-0.1, -0.05) is 65.7 Å². The summed E-state index contributed by atoms with van der Waals surface area (Å²) in [6.45, 7) is 2.42. The van der Waals surface area contributed by atoms with Crippen LogP contribution in [0, 0.1) is 6.92 Å². The zero-order chi connectivity index (χ0) is 22.2. The molecule has 0 saturated carbocycles. The Morgan fingerprint density at radius 3 is 2.53 bits per heavy atom. The maximum Gasteiger partial charge on any atom is 0.253 e. The zero-order valence-corrected chi connectivity index (χ0v) is 18.2. The van der Waals surface area contributed by atoms with Crippen molar-refractivity contribution in [3.05, 3.63) is 88.9 Å². The number of imidazole rings is 1. The van der Waals surface area contributed by atoms with Gasteiger partial charge < -0.3 is 5.32 Å². The number of nitrogens with zero attached hydrogens (tertiary/aromatic N) is 3. The lowest BCUT2D eigenvalue weighted by Gasteiger charge is -2.16. The number of para-hydroxylation sites is 3. The number of aromatic nitrogens is 2. The van der Waals surface area contributed by atoms with E-state index in [0.29, 0.717) is 23.2 Å². The Bertz CT molecular complexity index is 1330. The highest BCUT2D eigenvalue weighted by Crippen LogP contribution is 2.37. The second-order valence-corrected chi connectivity index (χ2v) is 8.34. The highest BCUT2D eigenvalue weighted by atomic mass is 35.5. The standard InChI is InChI=1S/C25H21ClN4O2/c1-16-10-12-17(13-11-16)15-29-24(32)22(14-23(31)27-19-7-3-2-6-18(19)26)30-21-9-5-4-8-20(21)28-25(29)30/h2-13,22H,14-15H2,1H3,(H,27,31)/t22-/m1/s1. The van der Waals surface area contributed by atoms with E-state index in [4.69, 9.17) is 16.6 Å². The summed E-state index contributed by atoms with van der Waals surface area (Å²) in [5, 5.41) is 3.28. The number of nitrogens with one attached hydrogen (secondary N) is 1. The highest BCUT2D eigenvalue weighted by molar-refractivity contribution is 6.33. The Morgan fingerprint density at radius 1 is 1.03 bits per heavy atom. The summed E-state index contributed by atoms with van der Waals surface area (Å²) < 4.78 is 1.87. The minimum atomic E-state index is -0.676. The van der Waals surface area contributed by atoms with E-state index in [9.17, 15) is 9.59 Å². The molecule has 1 aliphatic rings. The van der Waals surface area contributed by atoms with Crippen LogP contribution in [0.5, 0.6) is 0 Å². The van der Waals surface area contributed by atoms with Crippen LogP contribution in [0.3, 0.4) is 0 Å². The summed E-state index contributed by atoms with van der Waals surface area (Å²) >= 11 is 6.17. The molecule has 1 atom stereocenters. The lowest BCUT2D eigenvalue weighted by atomic mass is 10.1. The van der Waals surface area contributed by atoms with Crippen LogP contribution >= 0.6 is 11.6 Å². The minimum Gasteiger partial charge on any atom is -0.325 e. The van der Waals surface area contributed by atoms with Crippen LogP contribution in [0.15, 0.2) is 72.8 Å². The third-order valence-corrected chi connectivity index (χ3v) is 6.00. The number of anilines is 2. The van der Waals surface area contributed by atoms with Gasteiger partial charge in [-0.25, -0.2) is 4.98 Å². The van der Waals surface area contributed by atoms with Crippen molar-refractivity contribution in [1.29, 1.82) is 0 Å². The molecule has 2 amide bonds. The predicted molar refractivity (Wildman–Crippen MR) is 126 cm³/mol. The first kappa shape index (κ1) is 20.3. The lowest BCUT2D eigenvalue weighted by Crippen LogP contribution is -2.31. The highest BCUT2D eigenvalue weighted by Gasteiger charge is 2.40. The first-order valence-electron chi connectivity index (χ1n) is 10.4. The van der Waals surface area contributed by atoms with Gasteiger partial charge in [0, 0.05) is 0 Å². The number of rotatable bonds is 5. The first-order valence-corrected chi connectivity index (χ1v) is 10.8. The number of amides is 2. The normalized spacial score (nSPS) is 15.2. The topological polar surface area (TPSA) is 67.2 Å². The van der Waals surface area contributed by atoms with E-state index < -0.39 is 6.04 Å². The third kappa shape index (κ3) is 3.63. The number of carbonyl (C=O) groups excluding carboxylic acids is 2. The molecule has 1 aliphatic heterocycles. The summed E-state index contributed by atoms with van der Waals surface area (Å²) in [4.78, 5) is 32.7. The van der Waals surface area contributed by atoms with Gasteiger partial charge in [-0.15, -0.1) is 0 Å². The molecule has 7 heteroatoms. The van der Waals surface area contributed by atoms with Crippen molar-refractivity contribution in [2.45, 2.75) is 25.9 Å². The van der Waals surface area contributed by atoms with Gasteiger partial charge >= 0.3 is 0 Å². The minimum absolute atomic E-state index is 0.0121. The molecule has 2 heterocycles. The molecule has 0 aliphatic carbocycles. The van der Waals surface area contributed by atoms with Gasteiger partial charge in [0.25, 0.3) is 5.91 Å². The maximum absolute atomic E-state index is 13.5. The molecule has 0 unspecified atom stereocenters. The maximum atomic E-state index is 13.5. The van der Waals surface area contributed by atoms with Crippen LogP contribution < -0.4 is 10.2 Å². The summed E-state index contributed by atoms with van der Waals surface area (Å²) in [5.41, 5.74) is 4.31. The third-order valence-electron chi connectivity index (χ3n) is 5.67. The molecule has 0 spiro atoms. The smallest absolute Gasteiger partial charge is 0.253 e. The van der Waals surface area contributed by atoms with Gasteiger partial charge in [-0.3, -0.25) is 19.1 Å². The number of carbonyl (C=O) groups is 2. The molecule has 0 fully saturated rings. The Kier molecular flexibility index (Phi) is 5.15. The molecule has 6 nitrogen and oxygen atoms in total. The van der Waals surface area contributed by atoms with Crippen LogP contribution in [0.25, 0.3) is 11.0 Å². The predicted octanol–water partition coefficient (Wildman–Crippen LogP) is 5.11. The van der Waals surface area contributed by atoms with Gasteiger partial charge in [-0.05, 0) is 36.8 Å². The quantitative estimate of drug-likeness (QED) is 0.465. The molecule has 0 bridgehead atoms. The Labute approximate surface area is 190 Å². The van der Waals surface area contributed by atoms with Gasteiger partial charge in [0.15, 0.2) is 0 Å². The molecule has 5 rings (SSSR count). The number of hydrogen-bond acceptors (Lipinski definition) is 3. The summed E-state index contributed by atoms with van der Waals surface area (Å²) in [6, 6.07) is 22.1. The SMILES string of the molecule is Cc1ccc(CN2C(=O)[C@@H](CC(=O)Nc3ccccc3Cl)n3c2nc2ccccc23)cc1. The number of hydrogen-bond donors (Lipinski definition) is 1. The largest absolute Gasteiger partial charge is 0.325 e. The molecule has 4 aromatic rings. The van der Waals surface area contributed by atoms with Crippen LogP contribution in [0.1, 0.15) is 23.6 Å². The molecule has 0 saturated heterocycles. The molecule has 1 N–H and O–H groups in total. The van der Waals surface area contributed by atoms with E-state index in [0.717, 1.165) is 22.2 Å². The first-order chi connectivity index (χ1) is 15.5. The van der Waals surface area contributed by atoms with Crippen molar-refractivity contribution in [2.75, 3.05) is 10.2 Å². The Morgan fingerprint density at radius 2 is 1.75 bits per heavy atom. The number of fused-ring (bicyclic) bond motifs is 3. The van der Waals surface area contributed by atoms with Crippen molar-refractivity contribution in [3.8, 4) is 0 Å². The van der Waals surface area contributed by atoms with Crippen LogP contribution in [0.2, 0.25) is 5.02 Å². The number of benzene rings is 3. The van der Waals surface area contributed by atoms with E-state index in [1.807, 2.05) is 60.0 Å². The molecule has 32 heavy (non-hydrogen) atoms. The van der Waals surface area contributed by atoms with Gasteiger partial charge in [0.05, 0.1) is 34.7 Å². The summed E-state index contributed by atoms with van der Waals surface area (Å²) in [6.07, 6.45) is -0.0121. The van der Waals surface area contributed by atoms with E-state index >= 15 is 0 Å². The van der Waals surface area contributed by atoms with Crippen molar-refractivity contribution in [1.82, 2.24) is 9.55 Å². The number of halogens is 1. The van der Waals surface area contributed by atoms with Crippen molar-refractivity contribution in [2.24, 2.45) is 0 Å². The van der Waals surface area contributed by atoms with Crippen molar-refractivity contribution >= 4 is 46.1 Å². The monoisotopic (exact) mass is 444 g/mol. The van der Waals surface area contributed by atoms with E-state index in [2.05, 4.69) is 5.32 Å². The van der Waals surface area contributed by atoms with E-state index in [-0.39, 0.29) is 18.2 Å². The molecular weight excluding hydrogens is 424 g/mol. The van der Waals surface area contributed by atoms with Crippen LogP contribution in [-0.4, -0.2) is 21.4 Å². The zero-order valence-electron chi connectivity index (χ0n) is 17.5. The number of aryl methyl sites for hydroxylation is 1. The van der Waals surface area contributed by atoms with Crippen molar-refractivity contribution < 1.29 is 9.59 Å². The second kappa shape index (κ2) is 8.13. The van der Waals surface area contributed by atoms with Gasteiger partial charge in [0.1, 0.15) is 6.04 Å². The van der Waals surface area contributed by atoms with Crippen LogP contribution in [-0.2, 0) is 16.1 Å². The summed E-state index contributed by atoms with van der Waals surface area (Å²) in [5.74, 6) is 0.137. The fourth-order valence-electron chi connectivity index (χ4n) is 4.06. The molecule has 3 aromatic carbocycles. The van der Waals surface area contributed by atoms with Crippen LogP contribution in [0.4, 0.5) is 11.6 Å². The average molecular weight is 445 g/mol. The molecule has 0 radical (unpaired) electrons. The Hall–Kier alpha value is -3.64. The summed E-state index contributed by atoms with van der Waals surface area (Å²) in [7, 11) is 0. The lowest BCUT2D eigenvalue weighted by molar-refractivity contribution is -0.124. The van der Waals surface area contributed by atoms with Gasteiger partial charge in [-0.2, -0.15) is 0 Å². The van der Waals surface area contributed by atoms with E-state index in [1.54, 1.807) is 29.2 Å². The Balaban J connectivity index is 1.48.